The summed E-state index contributed by atoms with van der Waals surface area (Å²) in [6.45, 7) is 0.788. The van der Waals surface area contributed by atoms with Crippen molar-refractivity contribution in [2.75, 3.05) is 13.1 Å². The average molecular weight is 372 g/mol. The maximum Gasteiger partial charge on any atom is 0.393 e. The van der Waals surface area contributed by atoms with Crippen LogP contribution in [0.1, 0.15) is 49.1 Å². The summed E-state index contributed by atoms with van der Waals surface area (Å²) < 4.78 is 44.6. The first-order valence-electron chi connectivity index (χ1n) is 9.06. The van der Waals surface area contributed by atoms with E-state index in [2.05, 4.69) is 5.32 Å². The van der Waals surface area contributed by atoms with Crippen molar-refractivity contribution in [3.63, 3.8) is 0 Å². The van der Waals surface area contributed by atoms with Crippen LogP contribution in [0.25, 0.3) is 0 Å². The van der Waals surface area contributed by atoms with E-state index in [-0.39, 0.29) is 29.9 Å². The van der Waals surface area contributed by atoms with Crippen LogP contribution in [0, 0.1) is 11.8 Å². The number of carbonyl (C=O) groups excluding carboxylic acids is 2. The Kier molecular flexibility index (Phi) is 5.58. The standard InChI is InChI=1S/C18H23F3N2O3/c19-18(20,21)13-4-1-2-5-14(13)22-16(24)12-7-9-23(10-8-12)17(25)15-6-3-11-26-15/h3,6,11-14H,1-2,4-5,7-10H2,(H,22,24)/t13-,14-/m0/s1. The minimum absolute atomic E-state index is 0.0739. The van der Waals surface area contributed by atoms with Gasteiger partial charge >= 0.3 is 6.18 Å². The zero-order valence-corrected chi connectivity index (χ0v) is 14.4. The van der Waals surface area contributed by atoms with Crippen LogP contribution in [0.4, 0.5) is 13.2 Å². The van der Waals surface area contributed by atoms with Crippen molar-refractivity contribution in [2.45, 2.75) is 50.7 Å². The Morgan fingerprint density at radius 3 is 2.42 bits per heavy atom. The SMILES string of the molecule is O=C(N[C@H]1CCCC[C@@H]1C(F)(F)F)C1CCN(C(=O)c2ccco2)CC1. The smallest absolute Gasteiger partial charge is 0.393 e. The lowest BCUT2D eigenvalue weighted by Gasteiger charge is -2.36. The number of likely N-dealkylation sites (tertiary alicyclic amines) is 1. The fourth-order valence-electron chi connectivity index (χ4n) is 3.90. The number of nitrogens with zero attached hydrogens (tertiary/aromatic N) is 1. The van der Waals surface area contributed by atoms with Crippen LogP contribution in [0.5, 0.6) is 0 Å². The number of carbonyl (C=O) groups is 2. The van der Waals surface area contributed by atoms with Gasteiger partial charge in [0.05, 0.1) is 12.2 Å². The summed E-state index contributed by atoms with van der Waals surface area (Å²) >= 11 is 0. The molecular formula is C18H23F3N2O3. The van der Waals surface area contributed by atoms with Crippen LogP contribution in [0.2, 0.25) is 0 Å². The van der Waals surface area contributed by atoms with E-state index >= 15 is 0 Å². The molecule has 0 unspecified atom stereocenters. The van der Waals surface area contributed by atoms with Crippen molar-refractivity contribution in [2.24, 2.45) is 11.8 Å². The van der Waals surface area contributed by atoms with E-state index in [1.807, 2.05) is 0 Å². The monoisotopic (exact) mass is 372 g/mol. The summed E-state index contributed by atoms with van der Waals surface area (Å²) in [5.74, 6) is -2.11. The molecule has 0 radical (unpaired) electrons. The highest BCUT2D eigenvalue weighted by Gasteiger charge is 2.46. The molecule has 1 saturated carbocycles. The summed E-state index contributed by atoms with van der Waals surface area (Å²) in [4.78, 5) is 26.3. The second kappa shape index (κ2) is 7.72. The van der Waals surface area contributed by atoms with Gasteiger partial charge in [-0.05, 0) is 37.8 Å². The highest BCUT2D eigenvalue weighted by atomic mass is 19.4. The third-order valence-corrected chi connectivity index (χ3v) is 5.40. The van der Waals surface area contributed by atoms with Gasteiger partial charge in [0.1, 0.15) is 0 Å². The van der Waals surface area contributed by atoms with Crippen LogP contribution >= 0.6 is 0 Å². The predicted molar refractivity (Wildman–Crippen MR) is 87.3 cm³/mol. The molecule has 144 valence electrons. The summed E-state index contributed by atoms with van der Waals surface area (Å²) in [7, 11) is 0. The first kappa shape index (κ1) is 18.8. The summed E-state index contributed by atoms with van der Waals surface area (Å²) in [6, 6.07) is 2.38. The second-order valence-electron chi connectivity index (χ2n) is 7.09. The van der Waals surface area contributed by atoms with E-state index in [0.717, 1.165) is 0 Å². The molecular weight excluding hydrogens is 349 g/mol. The number of hydrogen-bond donors (Lipinski definition) is 1. The van der Waals surface area contributed by atoms with E-state index < -0.39 is 18.1 Å². The van der Waals surface area contributed by atoms with Crippen LogP contribution in [-0.2, 0) is 4.79 Å². The van der Waals surface area contributed by atoms with Gasteiger partial charge in [-0.15, -0.1) is 0 Å². The van der Waals surface area contributed by atoms with E-state index in [0.29, 0.717) is 45.2 Å². The van der Waals surface area contributed by atoms with Gasteiger partial charge in [0.2, 0.25) is 5.91 Å². The Hall–Kier alpha value is -1.99. The number of alkyl halides is 3. The number of furan rings is 1. The highest BCUT2D eigenvalue weighted by Crippen LogP contribution is 2.38. The Morgan fingerprint density at radius 2 is 1.81 bits per heavy atom. The molecule has 1 aliphatic heterocycles. The zero-order chi connectivity index (χ0) is 18.7. The van der Waals surface area contributed by atoms with Gasteiger partial charge in [0.25, 0.3) is 5.91 Å². The van der Waals surface area contributed by atoms with Gasteiger partial charge < -0.3 is 14.6 Å². The Morgan fingerprint density at radius 1 is 1.12 bits per heavy atom. The van der Waals surface area contributed by atoms with Crippen molar-refractivity contribution >= 4 is 11.8 Å². The van der Waals surface area contributed by atoms with Gasteiger partial charge in [-0.3, -0.25) is 9.59 Å². The van der Waals surface area contributed by atoms with E-state index in [1.54, 1.807) is 17.0 Å². The zero-order valence-electron chi connectivity index (χ0n) is 14.4. The summed E-state index contributed by atoms with van der Waals surface area (Å²) in [5.41, 5.74) is 0. The maximum atomic E-state index is 13.2. The molecule has 2 aliphatic rings. The quantitative estimate of drug-likeness (QED) is 0.885. The molecule has 1 aliphatic carbocycles. The van der Waals surface area contributed by atoms with Crippen LogP contribution in [-0.4, -0.2) is 42.0 Å². The molecule has 2 heterocycles. The molecule has 5 nitrogen and oxygen atoms in total. The van der Waals surface area contributed by atoms with Gasteiger partial charge in [-0.1, -0.05) is 12.8 Å². The molecule has 1 saturated heterocycles. The predicted octanol–water partition coefficient (Wildman–Crippen LogP) is 3.37. The molecule has 2 fully saturated rings. The number of hydrogen-bond acceptors (Lipinski definition) is 3. The number of piperidine rings is 1. The van der Waals surface area contributed by atoms with Crippen LogP contribution < -0.4 is 5.32 Å². The molecule has 2 amide bonds. The average Bonchev–Trinajstić information content (AvgIpc) is 3.15. The van der Waals surface area contributed by atoms with Crippen molar-refractivity contribution in [3.8, 4) is 0 Å². The highest BCUT2D eigenvalue weighted by molar-refractivity contribution is 5.91. The van der Waals surface area contributed by atoms with Crippen molar-refractivity contribution in [3.05, 3.63) is 24.2 Å². The molecule has 1 aromatic rings. The second-order valence-corrected chi connectivity index (χ2v) is 7.09. The fraction of sp³-hybridized carbons (Fsp3) is 0.667. The van der Waals surface area contributed by atoms with E-state index in [1.165, 1.54) is 6.26 Å². The first-order valence-corrected chi connectivity index (χ1v) is 9.06. The van der Waals surface area contributed by atoms with E-state index in [9.17, 15) is 22.8 Å². The third kappa shape index (κ3) is 4.22. The summed E-state index contributed by atoms with van der Waals surface area (Å²) in [6.07, 6.45) is -0.275. The maximum absolute atomic E-state index is 13.2. The number of nitrogens with one attached hydrogen (secondary N) is 1. The fourth-order valence-corrected chi connectivity index (χ4v) is 3.90. The number of rotatable bonds is 3. The topological polar surface area (TPSA) is 62.6 Å². The Balaban J connectivity index is 1.52. The molecule has 0 spiro atoms. The summed E-state index contributed by atoms with van der Waals surface area (Å²) in [5, 5.41) is 2.64. The molecule has 3 rings (SSSR count). The minimum atomic E-state index is -4.28. The Labute approximate surface area is 149 Å². The molecule has 1 aromatic heterocycles. The number of amides is 2. The van der Waals surface area contributed by atoms with Crippen molar-refractivity contribution in [1.29, 1.82) is 0 Å². The molecule has 26 heavy (non-hydrogen) atoms. The minimum Gasteiger partial charge on any atom is -0.459 e. The number of halogens is 3. The molecule has 8 heteroatoms. The first-order chi connectivity index (χ1) is 12.4. The molecule has 0 bridgehead atoms. The van der Waals surface area contributed by atoms with Crippen LogP contribution in [0.15, 0.2) is 22.8 Å². The van der Waals surface area contributed by atoms with Gasteiger partial charge in [-0.2, -0.15) is 13.2 Å². The van der Waals surface area contributed by atoms with E-state index in [4.69, 9.17) is 4.42 Å². The lowest BCUT2D eigenvalue weighted by molar-refractivity contribution is -0.189. The Bertz CT molecular complexity index is 622. The lowest BCUT2D eigenvalue weighted by Crippen LogP contribution is -2.51. The largest absolute Gasteiger partial charge is 0.459 e. The lowest BCUT2D eigenvalue weighted by atomic mass is 9.83. The molecule has 2 atom stereocenters. The normalized spacial score (nSPS) is 25.1. The van der Waals surface area contributed by atoms with Crippen LogP contribution in [0.3, 0.4) is 0 Å². The van der Waals surface area contributed by atoms with Crippen molar-refractivity contribution < 1.29 is 27.2 Å². The van der Waals surface area contributed by atoms with Gasteiger partial charge in [-0.25, -0.2) is 0 Å². The van der Waals surface area contributed by atoms with Gasteiger partial charge in [0, 0.05) is 25.0 Å². The van der Waals surface area contributed by atoms with Crippen molar-refractivity contribution in [1.82, 2.24) is 10.2 Å². The van der Waals surface area contributed by atoms with Gasteiger partial charge in [0.15, 0.2) is 5.76 Å². The third-order valence-electron chi connectivity index (χ3n) is 5.40. The molecule has 0 aromatic carbocycles. The molecule has 1 N–H and O–H groups in total.